The lowest BCUT2D eigenvalue weighted by Gasteiger charge is -2.25. The Kier molecular flexibility index (Phi) is 6.05. The first kappa shape index (κ1) is 19.2. The van der Waals surface area contributed by atoms with Gasteiger partial charge in [0, 0.05) is 36.4 Å². The first-order valence-electron chi connectivity index (χ1n) is 10.4. The van der Waals surface area contributed by atoms with Gasteiger partial charge in [-0.2, -0.15) is 0 Å². The van der Waals surface area contributed by atoms with Gasteiger partial charge in [0.1, 0.15) is 0 Å². The molecule has 0 radical (unpaired) electrons. The minimum absolute atomic E-state index is 0.0100. The second-order valence-corrected chi connectivity index (χ2v) is 8.82. The van der Waals surface area contributed by atoms with Crippen LogP contribution < -0.4 is 5.32 Å². The van der Waals surface area contributed by atoms with E-state index < -0.39 is 0 Å². The Morgan fingerprint density at radius 1 is 1.22 bits per heavy atom. The number of rotatable bonds is 7. The highest BCUT2D eigenvalue weighted by atomic mass is 35.5. The number of benzene rings is 1. The zero-order chi connectivity index (χ0) is 18.8. The van der Waals surface area contributed by atoms with E-state index in [-0.39, 0.29) is 11.9 Å². The highest BCUT2D eigenvalue weighted by Gasteiger charge is 2.59. The molecular formula is C22H30ClNO3. The van der Waals surface area contributed by atoms with Gasteiger partial charge in [-0.3, -0.25) is 4.79 Å². The largest absolute Gasteiger partial charge is 0.381 e. The Hall–Kier alpha value is -1.10. The summed E-state index contributed by atoms with van der Waals surface area (Å²) in [6.07, 6.45) is 5.99. The van der Waals surface area contributed by atoms with Crippen molar-refractivity contribution in [1.82, 2.24) is 5.32 Å². The summed E-state index contributed by atoms with van der Waals surface area (Å²) in [7, 11) is 0. The van der Waals surface area contributed by atoms with Crippen LogP contribution in [-0.4, -0.2) is 37.9 Å². The molecule has 0 unspecified atom stereocenters. The summed E-state index contributed by atoms with van der Waals surface area (Å²) in [5, 5.41) is 3.91. The predicted octanol–water partition coefficient (Wildman–Crippen LogP) is 4.32. The van der Waals surface area contributed by atoms with Gasteiger partial charge in [-0.25, -0.2) is 0 Å². The van der Waals surface area contributed by atoms with E-state index in [0.29, 0.717) is 28.5 Å². The van der Waals surface area contributed by atoms with Crippen LogP contribution in [0.25, 0.3) is 0 Å². The van der Waals surface area contributed by atoms with E-state index in [0.717, 1.165) is 63.8 Å². The summed E-state index contributed by atoms with van der Waals surface area (Å²) < 4.78 is 11.6. The fourth-order valence-electron chi connectivity index (χ4n) is 5.08. The average molecular weight is 392 g/mol. The van der Waals surface area contributed by atoms with E-state index in [1.807, 2.05) is 0 Å². The molecule has 1 N–H and O–H groups in total. The summed E-state index contributed by atoms with van der Waals surface area (Å²) in [5.41, 5.74) is 0.682. The van der Waals surface area contributed by atoms with Crippen LogP contribution in [0.15, 0.2) is 24.3 Å². The third kappa shape index (κ3) is 4.49. The number of fused-ring (bicyclic) bond motifs is 1. The maximum absolute atomic E-state index is 12.5. The van der Waals surface area contributed by atoms with Crippen molar-refractivity contribution in [3.05, 3.63) is 34.9 Å². The van der Waals surface area contributed by atoms with Crippen molar-refractivity contribution >= 4 is 17.5 Å². The van der Waals surface area contributed by atoms with Gasteiger partial charge in [0.15, 0.2) is 0 Å². The van der Waals surface area contributed by atoms with Crippen molar-refractivity contribution in [3.63, 3.8) is 0 Å². The van der Waals surface area contributed by atoms with Crippen molar-refractivity contribution in [1.29, 1.82) is 0 Å². The van der Waals surface area contributed by atoms with E-state index in [1.165, 1.54) is 0 Å². The molecule has 0 bridgehead atoms. The van der Waals surface area contributed by atoms with Gasteiger partial charge in [0.25, 0.3) is 5.91 Å². The van der Waals surface area contributed by atoms with Gasteiger partial charge in [-0.15, -0.1) is 0 Å². The number of carbonyl (C=O) groups is 1. The average Bonchev–Trinajstić information content (AvgIpc) is 3.18. The van der Waals surface area contributed by atoms with E-state index in [1.54, 1.807) is 24.3 Å². The highest BCUT2D eigenvalue weighted by Crippen LogP contribution is 2.60. The van der Waals surface area contributed by atoms with Crippen LogP contribution in [0, 0.1) is 23.7 Å². The standard InChI is InChI=1S/C22H30ClNO3/c1-2-20(24-22(25)15-3-5-16(23)6-4-15)21-18-11-17(12-19(18)21)27-13-14-7-9-26-10-8-14/h3-6,14,17-21H,2,7-13H2,1H3,(H,24,25)/t17?,18-,19-,20-,21?/m1/s1. The van der Waals surface area contributed by atoms with Gasteiger partial charge in [0.05, 0.1) is 6.10 Å². The van der Waals surface area contributed by atoms with Crippen LogP contribution in [0.2, 0.25) is 5.02 Å². The summed E-state index contributed by atoms with van der Waals surface area (Å²) in [5.74, 6) is 2.75. The summed E-state index contributed by atoms with van der Waals surface area (Å²) in [6, 6.07) is 7.38. The Morgan fingerprint density at radius 3 is 2.52 bits per heavy atom. The van der Waals surface area contributed by atoms with Crippen molar-refractivity contribution < 1.29 is 14.3 Å². The monoisotopic (exact) mass is 391 g/mol. The third-order valence-corrected chi connectivity index (χ3v) is 6.96. The SMILES string of the molecule is CC[C@@H](NC(=O)c1ccc(Cl)cc1)C1[C@@H]2CC(OCC3CCOCC3)C[C@@H]12. The molecule has 0 aromatic heterocycles. The fraction of sp³-hybridized carbons (Fsp3) is 0.682. The second kappa shape index (κ2) is 8.50. The number of ether oxygens (including phenoxy) is 2. The topological polar surface area (TPSA) is 47.6 Å². The number of nitrogens with one attached hydrogen (secondary N) is 1. The smallest absolute Gasteiger partial charge is 0.251 e. The van der Waals surface area contributed by atoms with E-state index >= 15 is 0 Å². The van der Waals surface area contributed by atoms with Crippen LogP contribution in [0.3, 0.4) is 0 Å². The van der Waals surface area contributed by atoms with Gasteiger partial charge >= 0.3 is 0 Å². The minimum atomic E-state index is 0.0100. The van der Waals surface area contributed by atoms with Crippen LogP contribution in [0.1, 0.15) is 49.4 Å². The van der Waals surface area contributed by atoms with Crippen molar-refractivity contribution in [2.45, 2.75) is 51.2 Å². The number of carbonyl (C=O) groups excluding carboxylic acids is 1. The molecule has 4 rings (SSSR count). The highest BCUT2D eigenvalue weighted by molar-refractivity contribution is 6.30. The van der Waals surface area contributed by atoms with Crippen molar-refractivity contribution in [2.24, 2.45) is 23.7 Å². The molecule has 1 saturated heterocycles. The normalized spacial score (nSPS) is 29.3. The molecule has 5 heteroatoms. The fourth-order valence-corrected chi connectivity index (χ4v) is 5.21. The van der Waals surface area contributed by atoms with Gasteiger partial charge in [-0.05, 0) is 80.0 Å². The number of halogens is 1. The van der Waals surface area contributed by atoms with Crippen LogP contribution in [0.4, 0.5) is 0 Å². The van der Waals surface area contributed by atoms with Gasteiger partial charge in [0.2, 0.25) is 0 Å². The molecule has 3 atom stereocenters. The van der Waals surface area contributed by atoms with Crippen LogP contribution in [-0.2, 0) is 9.47 Å². The summed E-state index contributed by atoms with van der Waals surface area (Å²) in [4.78, 5) is 12.5. The lowest BCUT2D eigenvalue weighted by molar-refractivity contribution is -0.0141. The Labute approximate surface area is 166 Å². The first-order chi connectivity index (χ1) is 13.2. The molecule has 1 aromatic carbocycles. The molecule has 1 amide bonds. The number of hydrogen-bond donors (Lipinski definition) is 1. The van der Waals surface area contributed by atoms with E-state index in [9.17, 15) is 4.79 Å². The Bertz CT molecular complexity index is 631. The molecule has 3 fully saturated rings. The van der Waals surface area contributed by atoms with E-state index in [4.69, 9.17) is 21.1 Å². The van der Waals surface area contributed by atoms with Crippen LogP contribution in [0.5, 0.6) is 0 Å². The van der Waals surface area contributed by atoms with Gasteiger partial charge in [-0.1, -0.05) is 18.5 Å². The molecule has 1 aliphatic heterocycles. The molecule has 1 aromatic rings. The molecule has 3 aliphatic rings. The Balaban J connectivity index is 1.23. The third-order valence-electron chi connectivity index (χ3n) is 6.70. The van der Waals surface area contributed by atoms with Crippen molar-refractivity contribution in [3.8, 4) is 0 Å². The molecule has 1 heterocycles. The second-order valence-electron chi connectivity index (χ2n) is 8.38. The first-order valence-corrected chi connectivity index (χ1v) is 10.8. The van der Waals surface area contributed by atoms with Gasteiger partial charge < -0.3 is 14.8 Å². The number of amides is 1. The van der Waals surface area contributed by atoms with Crippen molar-refractivity contribution in [2.75, 3.05) is 19.8 Å². The zero-order valence-electron chi connectivity index (χ0n) is 16.0. The number of hydrogen-bond acceptors (Lipinski definition) is 3. The molecule has 2 aliphatic carbocycles. The van der Waals surface area contributed by atoms with E-state index in [2.05, 4.69) is 12.2 Å². The quantitative estimate of drug-likeness (QED) is 0.753. The maximum atomic E-state index is 12.5. The molecule has 148 valence electrons. The molecule has 27 heavy (non-hydrogen) atoms. The molecule has 0 spiro atoms. The maximum Gasteiger partial charge on any atom is 0.251 e. The molecule has 2 saturated carbocycles. The summed E-state index contributed by atoms with van der Waals surface area (Å²) >= 11 is 5.91. The summed E-state index contributed by atoms with van der Waals surface area (Å²) in [6.45, 7) is 4.83. The lowest BCUT2D eigenvalue weighted by atomic mass is 9.99. The predicted molar refractivity (Wildman–Crippen MR) is 106 cm³/mol. The molecular weight excluding hydrogens is 362 g/mol. The zero-order valence-corrected chi connectivity index (χ0v) is 16.8. The Morgan fingerprint density at radius 2 is 1.89 bits per heavy atom. The lowest BCUT2D eigenvalue weighted by Crippen LogP contribution is -2.37. The van der Waals surface area contributed by atoms with Crippen LogP contribution >= 0.6 is 11.6 Å². The molecule has 4 nitrogen and oxygen atoms in total. The minimum Gasteiger partial charge on any atom is -0.381 e.